The van der Waals surface area contributed by atoms with Gasteiger partial charge in [-0.15, -0.1) is 0 Å². The molecule has 0 spiro atoms. The van der Waals surface area contributed by atoms with Gasteiger partial charge in [0.05, 0.1) is 18.7 Å². The Hall–Kier alpha value is -2.90. The second kappa shape index (κ2) is 7.61. The molecule has 1 aliphatic heterocycles. The van der Waals surface area contributed by atoms with Gasteiger partial charge < -0.3 is 15.0 Å². The zero-order chi connectivity index (χ0) is 19.7. The van der Waals surface area contributed by atoms with E-state index in [1.807, 2.05) is 13.0 Å². The van der Waals surface area contributed by atoms with Crippen molar-refractivity contribution in [3.8, 4) is 0 Å². The highest BCUT2D eigenvalue weighted by atomic mass is 35.5. The number of carbonyl (C=O) groups excluding carboxylic acids is 2. The number of amides is 2. The number of aryl methyl sites for hydroxylation is 1. The fourth-order valence-electron chi connectivity index (χ4n) is 3.17. The number of nitrogens with one attached hydrogen (secondary N) is 1. The molecule has 0 atom stereocenters. The lowest BCUT2D eigenvalue weighted by Gasteiger charge is -2.26. The average Bonchev–Trinajstić information content (AvgIpc) is 3.11. The molecular weight excluding hydrogens is 380 g/mol. The van der Waals surface area contributed by atoms with E-state index in [4.69, 9.17) is 16.3 Å². The largest absolute Gasteiger partial charge is 0.378 e. The third-order valence-electron chi connectivity index (χ3n) is 4.70. The van der Waals surface area contributed by atoms with Crippen molar-refractivity contribution in [3.63, 3.8) is 0 Å². The van der Waals surface area contributed by atoms with Crippen molar-refractivity contribution in [1.29, 1.82) is 0 Å². The third-order valence-corrected chi connectivity index (χ3v) is 4.94. The standard InChI is InChI=1S/C20H19ClN4O3/c1-13-5-6-14(21)12-15(13)22-19(26)17-16-4-2-3-7-25(16)18(23-17)20(27)24-8-10-28-11-9-24/h2-7,12H,8-11H2,1H3,(H,22,26). The van der Waals surface area contributed by atoms with E-state index in [9.17, 15) is 9.59 Å². The van der Waals surface area contributed by atoms with Crippen LogP contribution in [-0.2, 0) is 4.74 Å². The van der Waals surface area contributed by atoms with Crippen molar-refractivity contribution in [3.05, 3.63) is 64.7 Å². The summed E-state index contributed by atoms with van der Waals surface area (Å²) >= 11 is 6.04. The molecule has 3 heterocycles. The SMILES string of the molecule is Cc1ccc(Cl)cc1NC(=O)c1nc(C(=O)N2CCOCC2)n2ccccc12. The molecule has 0 aliphatic carbocycles. The Labute approximate surface area is 166 Å². The molecule has 1 saturated heterocycles. The molecule has 7 nitrogen and oxygen atoms in total. The summed E-state index contributed by atoms with van der Waals surface area (Å²) in [5.74, 6) is -0.400. The molecule has 1 aliphatic rings. The predicted octanol–water partition coefficient (Wildman–Crippen LogP) is 3.02. The van der Waals surface area contributed by atoms with Gasteiger partial charge >= 0.3 is 0 Å². The van der Waals surface area contributed by atoms with Gasteiger partial charge in [-0.05, 0) is 36.8 Å². The second-order valence-corrected chi connectivity index (χ2v) is 6.99. The summed E-state index contributed by atoms with van der Waals surface area (Å²) in [6.45, 7) is 3.88. The lowest BCUT2D eigenvalue weighted by molar-refractivity contribution is 0.0294. The van der Waals surface area contributed by atoms with E-state index in [1.165, 1.54) is 0 Å². The van der Waals surface area contributed by atoms with Gasteiger partial charge in [0.2, 0.25) is 5.82 Å². The molecule has 8 heteroatoms. The molecule has 144 valence electrons. The molecule has 2 aromatic heterocycles. The third kappa shape index (κ3) is 3.46. The fourth-order valence-corrected chi connectivity index (χ4v) is 3.35. The maximum atomic E-state index is 12.9. The second-order valence-electron chi connectivity index (χ2n) is 6.56. The van der Waals surface area contributed by atoms with Crippen molar-refractivity contribution in [2.75, 3.05) is 31.6 Å². The monoisotopic (exact) mass is 398 g/mol. The molecule has 1 aromatic carbocycles. The number of carbonyl (C=O) groups is 2. The number of hydrogen-bond acceptors (Lipinski definition) is 4. The summed E-state index contributed by atoms with van der Waals surface area (Å²) in [6.07, 6.45) is 1.73. The van der Waals surface area contributed by atoms with E-state index < -0.39 is 5.91 Å². The van der Waals surface area contributed by atoms with Crippen LogP contribution in [0.15, 0.2) is 42.6 Å². The van der Waals surface area contributed by atoms with E-state index in [2.05, 4.69) is 10.3 Å². The lowest BCUT2D eigenvalue weighted by atomic mass is 10.2. The van der Waals surface area contributed by atoms with Gasteiger partial charge in [0.1, 0.15) is 0 Å². The number of nitrogens with zero attached hydrogens (tertiary/aromatic N) is 3. The summed E-state index contributed by atoms with van der Waals surface area (Å²) < 4.78 is 6.96. The van der Waals surface area contributed by atoms with Crippen LogP contribution in [0.3, 0.4) is 0 Å². The van der Waals surface area contributed by atoms with Gasteiger partial charge in [-0.1, -0.05) is 23.7 Å². The summed E-state index contributed by atoms with van der Waals surface area (Å²) in [6, 6.07) is 10.7. The van der Waals surface area contributed by atoms with Crippen molar-refractivity contribution in [1.82, 2.24) is 14.3 Å². The molecular formula is C20H19ClN4O3. The Bertz CT molecular complexity index is 1060. The first kappa shape index (κ1) is 18.5. The van der Waals surface area contributed by atoms with Gasteiger partial charge in [-0.2, -0.15) is 0 Å². The first-order chi connectivity index (χ1) is 13.5. The Morgan fingerprint density at radius 2 is 1.96 bits per heavy atom. The van der Waals surface area contributed by atoms with Gasteiger partial charge in [0, 0.05) is 30.0 Å². The molecule has 1 N–H and O–H groups in total. The maximum Gasteiger partial charge on any atom is 0.290 e. The summed E-state index contributed by atoms with van der Waals surface area (Å²) in [7, 11) is 0. The Morgan fingerprint density at radius 3 is 2.75 bits per heavy atom. The van der Waals surface area contributed by atoms with Crippen molar-refractivity contribution >= 4 is 34.6 Å². The minimum Gasteiger partial charge on any atom is -0.378 e. The number of rotatable bonds is 3. The number of aromatic nitrogens is 2. The number of pyridine rings is 1. The number of anilines is 1. The quantitative estimate of drug-likeness (QED) is 0.735. The topological polar surface area (TPSA) is 75.9 Å². The van der Waals surface area contributed by atoms with E-state index in [0.717, 1.165) is 5.56 Å². The predicted molar refractivity (Wildman–Crippen MR) is 106 cm³/mol. The summed E-state index contributed by atoms with van der Waals surface area (Å²) in [5, 5.41) is 3.37. The highest BCUT2D eigenvalue weighted by Crippen LogP contribution is 2.22. The number of benzene rings is 1. The molecule has 0 radical (unpaired) electrons. The van der Waals surface area contributed by atoms with Crippen LogP contribution >= 0.6 is 11.6 Å². The number of hydrogen-bond donors (Lipinski definition) is 1. The minimum atomic E-state index is -0.393. The molecule has 4 rings (SSSR count). The molecule has 0 unspecified atom stereocenters. The van der Waals surface area contributed by atoms with Crippen molar-refractivity contribution in [2.24, 2.45) is 0 Å². The van der Waals surface area contributed by atoms with Crippen LogP contribution in [-0.4, -0.2) is 52.4 Å². The van der Waals surface area contributed by atoms with Crippen LogP contribution < -0.4 is 5.32 Å². The summed E-state index contributed by atoms with van der Waals surface area (Å²) in [5.41, 5.74) is 2.24. The highest BCUT2D eigenvalue weighted by Gasteiger charge is 2.26. The van der Waals surface area contributed by atoms with Crippen LogP contribution in [0.2, 0.25) is 5.02 Å². The normalized spacial score (nSPS) is 14.3. The molecule has 0 saturated carbocycles. The van der Waals surface area contributed by atoms with Crippen LogP contribution in [0.1, 0.15) is 26.7 Å². The number of ether oxygens (including phenoxy) is 1. The maximum absolute atomic E-state index is 12.9. The van der Waals surface area contributed by atoms with Gasteiger partial charge in [-0.3, -0.25) is 14.0 Å². The van der Waals surface area contributed by atoms with Gasteiger partial charge in [-0.25, -0.2) is 4.98 Å². The molecule has 2 amide bonds. The van der Waals surface area contributed by atoms with Crippen LogP contribution in [0.5, 0.6) is 0 Å². The number of fused-ring (bicyclic) bond motifs is 1. The lowest BCUT2D eigenvalue weighted by Crippen LogP contribution is -2.41. The highest BCUT2D eigenvalue weighted by molar-refractivity contribution is 6.31. The first-order valence-corrected chi connectivity index (χ1v) is 9.34. The van der Waals surface area contributed by atoms with Crippen LogP contribution in [0.25, 0.3) is 5.52 Å². The van der Waals surface area contributed by atoms with Crippen molar-refractivity contribution in [2.45, 2.75) is 6.92 Å². The zero-order valence-electron chi connectivity index (χ0n) is 15.3. The Morgan fingerprint density at radius 1 is 1.18 bits per heavy atom. The van der Waals surface area contributed by atoms with E-state index in [1.54, 1.807) is 45.8 Å². The number of halogens is 1. The molecule has 1 fully saturated rings. The van der Waals surface area contributed by atoms with Gasteiger partial charge in [0.15, 0.2) is 5.69 Å². The smallest absolute Gasteiger partial charge is 0.290 e. The van der Waals surface area contributed by atoms with Gasteiger partial charge in [0.25, 0.3) is 11.8 Å². The van der Waals surface area contributed by atoms with E-state index >= 15 is 0 Å². The Balaban J connectivity index is 1.70. The Kier molecular flexibility index (Phi) is 5.02. The van der Waals surface area contributed by atoms with Crippen LogP contribution in [0.4, 0.5) is 5.69 Å². The molecule has 3 aromatic rings. The van der Waals surface area contributed by atoms with E-state index in [-0.39, 0.29) is 17.4 Å². The summed E-state index contributed by atoms with van der Waals surface area (Å²) in [4.78, 5) is 32.0. The van der Waals surface area contributed by atoms with E-state index in [0.29, 0.717) is 42.5 Å². The number of imidazole rings is 1. The average molecular weight is 399 g/mol. The van der Waals surface area contributed by atoms with Crippen molar-refractivity contribution < 1.29 is 14.3 Å². The molecule has 0 bridgehead atoms. The molecule has 28 heavy (non-hydrogen) atoms. The fraction of sp³-hybridized carbons (Fsp3) is 0.250. The minimum absolute atomic E-state index is 0.191. The number of morpholine rings is 1. The van der Waals surface area contributed by atoms with Crippen LogP contribution in [0, 0.1) is 6.92 Å². The zero-order valence-corrected chi connectivity index (χ0v) is 16.1. The first-order valence-electron chi connectivity index (χ1n) is 8.96.